The van der Waals surface area contributed by atoms with Gasteiger partial charge in [-0.25, -0.2) is 0 Å². The highest BCUT2D eigenvalue weighted by atomic mass is 32.2. The zero-order valence-corrected chi connectivity index (χ0v) is 13.5. The monoisotopic (exact) mass is 287 g/mol. The Morgan fingerprint density at radius 3 is 2.79 bits per heavy atom. The number of amides is 1. The van der Waals surface area contributed by atoms with Crippen molar-refractivity contribution in [2.75, 3.05) is 57.8 Å². The van der Waals surface area contributed by atoms with Gasteiger partial charge in [-0.3, -0.25) is 4.79 Å². The van der Waals surface area contributed by atoms with Crippen LogP contribution >= 0.6 is 11.8 Å². The number of nitrogens with one attached hydrogen (secondary N) is 1. The number of carbonyl (C=O) groups excluding carboxylic acids is 1. The molecule has 1 fully saturated rings. The Morgan fingerprint density at radius 1 is 1.42 bits per heavy atom. The molecule has 0 bridgehead atoms. The molecule has 5 heteroatoms. The molecule has 1 unspecified atom stereocenters. The van der Waals surface area contributed by atoms with E-state index < -0.39 is 0 Å². The third-order valence-corrected chi connectivity index (χ3v) is 4.73. The lowest BCUT2D eigenvalue weighted by Gasteiger charge is -2.19. The second-order valence-corrected chi connectivity index (χ2v) is 6.24. The zero-order chi connectivity index (χ0) is 14.1. The predicted octanol–water partition coefficient (Wildman–Crippen LogP) is 1.13. The summed E-state index contributed by atoms with van der Waals surface area (Å²) >= 11 is 1.77. The van der Waals surface area contributed by atoms with Crippen LogP contribution in [0.2, 0.25) is 0 Å². The maximum atomic E-state index is 12.0. The average Bonchev–Trinajstić information content (AvgIpc) is 2.88. The van der Waals surface area contributed by atoms with Crippen LogP contribution in [0.4, 0.5) is 0 Å². The molecule has 0 aromatic carbocycles. The van der Waals surface area contributed by atoms with E-state index in [0.29, 0.717) is 17.6 Å². The Labute approximate surface area is 122 Å². The van der Waals surface area contributed by atoms with Gasteiger partial charge in [-0.2, -0.15) is 11.8 Å². The molecule has 1 aliphatic rings. The molecule has 1 heterocycles. The van der Waals surface area contributed by atoms with Gasteiger partial charge in [0.15, 0.2) is 0 Å². The predicted molar refractivity (Wildman–Crippen MR) is 83.7 cm³/mol. The standard InChI is InChI=1S/C14H29N3OS/c1-4-16(5-2)8-9-19-12-14(18)17-7-6-13(11-17)10-15-3/h13,15H,4-12H2,1-3H3. The largest absolute Gasteiger partial charge is 0.342 e. The number of hydrogen-bond acceptors (Lipinski definition) is 4. The summed E-state index contributed by atoms with van der Waals surface area (Å²) in [6.45, 7) is 10.6. The summed E-state index contributed by atoms with van der Waals surface area (Å²) in [6, 6.07) is 0. The van der Waals surface area contributed by atoms with E-state index >= 15 is 0 Å². The summed E-state index contributed by atoms with van der Waals surface area (Å²) in [5.74, 6) is 2.67. The molecule has 0 aromatic rings. The van der Waals surface area contributed by atoms with Gasteiger partial charge in [0.25, 0.3) is 0 Å². The van der Waals surface area contributed by atoms with Gasteiger partial charge in [0.2, 0.25) is 5.91 Å². The highest BCUT2D eigenvalue weighted by molar-refractivity contribution is 7.99. The van der Waals surface area contributed by atoms with Crippen molar-refractivity contribution >= 4 is 17.7 Å². The van der Waals surface area contributed by atoms with Gasteiger partial charge in [0.05, 0.1) is 5.75 Å². The molecule has 0 aromatic heterocycles. The first kappa shape index (κ1) is 16.8. The summed E-state index contributed by atoms with van der Waals surface area (Å²) in [5.41, 5.74) is 0. The van der Waals surface area contributed by atoms with E-state index in [9.17, 15) is 4.79 Å². The smallest absolute Gasteiger partial charge is 0.232 e. The van der Waals surface area contributed by atoms with Crippen LogP contribution in [0.5, 0.6) is 0 Å². The molecule has 112 valence electrons. The van der Waals surface area contributed by atoms with Gasteiger partial charge in [0.1, 0.15) is 0 Å². The summed E-state index contributed by atoms with van der Waals surface area (Å²) in [4.78, 5) is 16.5. The number of rotatable bonds is 9. The summed E-state index contributed by atoms with van der Waals surface area (Å²) in [7, 11) is 1.98. The minimum absolute atomic E-state index is 0.322. The third kappa shape index (κ3) is 6.15. The van der Waals surface area contributed by atoms with E-state index in [-0.39, 0.29) is 0 Å². The Kier molecular flexibility index (Phi) is 8.50. The zero-order valence-electron chi connectivity index (χ0n) is 12.7. The lowest BCUT2D eigenvalue weighted by atomic mass is 10.1. The maximum Gasteiger partial charge on any atom is 0.232 e. The molecule has 1 rings (SSSR count). The van der Waals surface area contributed by atoms with Gasteiger partial charge in [-0.1, -0.05) is 13.8 Å². The molecule has 0 aliphatic carbocycles. The molecule has 0 radical (unpaired) electrons. The van der Waals surface area contributed by atoms with Crippen LogP contribution in [0, 0.1) is 5.92 Å². The Hall–Kier alpha value is -0.260. The van der Waals surface area contributed by atoms with Crippen molar-refractivity contribution in [3.05, 3.63) is 0 Å². The van der Waals surface area contributed by atoms with Crippen LogP contribution in [0.25, 0.3) is 0 Å². The average molecular weight is 287 g/mol. The van der Waals surface area contributed by atoms with Gasteiger partial charge in [-0.05, 0) is 39.0 Å². The first-order chi connectivity index (χ1) is 9.21. The number of thioether (sulfide) groups is 1. The lowest BCUT2D eigenvalue weighted by Crippen LogP contribution is -2.32. The fraction of sp³-hybridized carbons (Fsp3) is 0.929. The fourth-order valence-electron chi connectivity index (χ4n) is 2.50. The van der Waals surface area contributed by atoms with Crippen LogP contribution in [0.15, 0.2) is 0 Å². The SMILES string of the molecule is CCN(CC)CCSCC(=O)N1CCC(CNC)C1. The van der Waals surface area contributed by atoms with E-state index in [4.69, 9.17) is 0 Å². The van der Waals surface area contributed by atoms with Crippen molar-refractivity contribution in [3.63, 3.8) is 0 Å². The van der Waals surface area contributed by atoms with Gasteiger partial charge in [-0.15, -0.1) is 0 Å². The van der Waals surface area contributed by atoms with Crippen molar-refractivity contribution in [1.29, 1.82) is 0 Å². The van der Waals surface area contributed by atoms with E-state index in [1.54, 1.807) is 11.8 Å². The highest BCUT2D eigenvalue weighted by Crippen LogP contribution is 2.16. The Bertz CT molecular complexity index is 259. The van der Waals surface area contributed by atoms with Crippen LogP contribution in [0.3, 0.4) is 0 Å². The van der Waals surface area contributed by atoms with E-state index in [2.05, 4.69) is 24.1 Å². The van der Waals surface area contributed by atoms with Crippen molar-refractivity contribution in [2.24, 2.45) is 5.92 Å². The molecular weight excluding hydrogens is 258 g/mol. The lowest BCUT2D eigenvalue weighted by molar-refractivity contribution is -0.127. The van der Waals surface area contributed by atoms with E-state index in [1.807, 2.05) is 11.9 Å². The number of hydrogen-bond donors (Lipinski definition) is 1. The van der Waals surface area contributed by atoms with Crippen molar-refractivity contribution in [2.45, 2.75) is 20.3 Å². The molecule has 1 aliphatic heterocycles. The molecule has 0 saturated carbocycles. The first-order valence-electron chi connectivity index (χ1n) is 7.43. The second-order valence-electron chi connectivity index (χ2n) is 5.13. The first-order valence-corrected chi connectivity index (χ1v) is 8.59. The van der Waals surface area contributed by atoms with E-state index in [0.717, 1.165) is 51.4 Å². The molecule has 1 saturated heterocycles. The molecule has 19 heavy (non-hydrogen) atoms. The minimum atomic E-state index is 0.322. The van der Waals surface area contributed by atoms with Gasteiger partial charge < -0.3 is 15.1 Å². The molecule has 1 N–H and O–H groups in total. The normalized spacial score (nSPS) is 19.4. The third-order valence-electron chi connectivity index (χ3n) is 3.80. The van der Waals surface area contributed by atoms with Crippen LogP contribution in [-0.4, -0.2) is 73.5 Å². The van der Waals surface area contributed by atoms with Crippen LogP contribution in [0.1, 0.15) is 20.3 Å². The van der Waals surface area contributed by atoms with Crippen LogP contribution in [-0.2, 0) is 4.79 Å². The summed E-state index contributed by atoms with van der Waals surface area (Å²) < 4.78 is 0. The molecule has 0 spiro atoms. The fourth-order valence-corrected chi connectivity index (χ4v) is 3.39. The number of carbonyl (C=O) groups is 1. The molecule has 4 nitrogen and oxygen atoms in total. The topological polar surface area (TPSA) is 35.6 Å². The second kappa shape index (κ2) is 9.61. The molecular formula is C14H29N3OS. The number of nitrogens with zero attached hydrogens (tertiary/aromatic N) is 2. The highest BCUT2D eigenvalue weighted by Gasteiger charge is 2.25. The summed E-state index contributed by atoms with van der Waals surface area (Å²) in [5, 5.41) is 3.20. The van der Waals surface area contributed by atoms with Crippen molar-refractivity contribution in [1.82, 2.24) is 15.1 Å². The maximum absolute atomic E-state index is 12.0. The summed E-state index contributed by atoms with van der Waals surface area (Å²) in [6.07, 6.45) is 1.15. The number of likely N-dealkylation sites (tertiary alicyclic amines) is 1. The quantitative estimate of drug-likeness (QED) is 0.645. The molecule has 1 amide bonds. The molecule has 1 atom stereocenters. The Morgan fingerprint density at radius 2 is 2.16 bits per heavy atom. The van der Waals surface area contributed by atoms with Crippen LogP contribution < -0.4 is 5.32 Å². The van der Waals surface area contributed by atoms with E-state index in [1.165, 1.54) is 0 Å². The minimum Gasteiger partial charge on any atom is -0.342 e. The van der Waals surface area contributed by atoms with Gasteiger partial charge >= 0.3 is 0 Å². The van der Waals surface area contributed by atoms with Crippen molar-refractivity contribution < 1.29 is 4.79 Å². The van der Waals surface area contributed by atoms with Gasteiger partial charge in [0, 0.05) is 25.4 Å². The van der Waals surface area contributed by atoms with Crippen molar-refractivity contribution in [3.8, 4) is 0 Å². The Balaban J connectivity index is 2.11.